The molecule has 1 amide bonds. The number of aliphatic hydroxyl groups is 1. The molecule has 2 heterocycles. The number of aliphatic hydroxyl groups excluding tert-OH is 1. The number of ketones is 1. The third kappa shape index (κ3) is 3.49. The second-order valence-corrected chi connectivity index (χ2v) is 6.64. The number of Topliss-reactive ketones (excluding diaryl/α,β-unsaturated/α-hetero) is 1. The van der Waals surface area contributed by atoms with Gasteiger partial charge in [0.05, 0.1) is 17.4 Å². The maximum atomic E-state index is 12.5. The minimum Gasteiger partial charge on any atom is -0.396 e. The van der Waals surface area contributed by atoms with E-state index in [0.29, 0.717) is 18.7 Å². The van der Waals surface area contributed by atoms with Gasteiger partial charge in [-0.3, -0.25) is 9.59 Å². The van der Waals surface area contributed by atoms with Gasteiger partial charge in [0.1, 0.15) is 0 Å². The van der Waals surface area contributed by atoms with Crippen LogP contribution < -0.4 is 0 Å². The number of hydrogen-bond donors (Lipinski definition) is 1. The molecule has 0 aliphatic carbocycles. The van der Waals surface area contributed by atoms with Gasteiger partial charge in [-0.05, 0) is 36.8 Å². The molecule has 0 atom stereocenters. The van der Waals surface area contributed by atoms with Crippen molar-refractivity contribution in [2.75, 3.05) is 19.7 Å². The number of aromatic nitrogens is 2. The van der Waals surface area contributed by atoms with E-state index in [4.69, 9.17) is 0 Å². The number of amides is 1. The zero-order chi connectivity index (χ0) is 17.9. The van der Waals surface area contributed by atoms with Crippen molar-refractivity contribution in [3.63, 3.8) is 0 Å². The van der Waals surface area contributed by atoms with Crippen LogP contribution in [0.5, 0.6) is 0 Å². The van der Waals surface area contributed by atoms with Gasteiger partial charge in [0.25, 0.3) is 11.7 Å². The first kappa shape index (κ1) is 17.4. The summed E-state index contributed by atoms with van der Waals surface area (Å²) in [6, 6.07) is 9.44. The van der Waals surface area contributed by atoms with Crippen LogP contribution in [0.3, 0.4) is 0 Å². The number of hydrogen-bond acceptors (Lipinski definition) is 4. The number of carbonyl (C=O) groups is 2. The van der Waals surface area contributed by atoms with Gasteiger partial charge >= 0.3 is 0 Å². The number of carbonyl (C=O) groups excluding carboxylic acids is 2. The molecule has 1 fully saturated rings. The first-order valence-corrected chi connectivity index (χ1v) is 8.63. The summed E-state index contributed by atoms with van der Waals surface area (Å²) < 4.78 is 1.59. The topological polar surface area (TPSA) is 75.4 Å². The molecule has 132 valence electrons. The fraction of sp³-hybridized carbons (Fsp3) is 0.421. The average molecular weight is 341 g/mol. The first-order valence-electron chi connectivity index (χ1n) is 8.63. The molecule has 0 bridgehead atoms. The highest BCUT2D eigenvalue weighted by molar-refractivity contribution is 6.42. The number of piperidine rings is 1. The lowest BCUT2D eigenvalue weighted by Gasteiger charge is -2.39. The van der Waals surface area contributed by atoms with Gasteiger partial charge < -0.3 is 10.0 Å². The zero-order valence-electron chi connectivity index (χ0n) is 14.4. The summed E-state index contributed by atoms with van der Waals surface area (Å²) in [4.78, 5) is 26.6. The van der Waals surface area contributed by atoms with Crippen LogP contribution in [0, 0.1) is 5.41 Å². The Kier molecular flexibility index (Phi) is 4.99. The van der Waals surface area contributed by atoms with Gasteiger partial charge in [0, 0.05) is 25.9 Å². The van der Waals surface area contributed by atoms with Crippen molar-refractivity contribution in [2.45, 2.75) is 26.2 Å². The Hall–Kier alpha value is -2.47. The monoisotopic (exact) mass is 341 g/mol. The van der Waals surface area contributed by atoms with E-state index < -0.39 is 11.7 Å². The predicted molar refractivity (Wildman–Crippen MR) is 93.5 cm³/mol. The van der Waals surface area contributed by atoms with Crippen LogP contribution in [0.15, 0.2) is 42.7 Å². The van der Waals surface area contributed by atoms with Gasteiger partial charge in [-0.15, -0.1) is 0 Å². The van der Waals surface area contributed by atoms with Crippen molar-refractivity contribution in [2.24, 2.45) is 5.41 Å². The highest BCUT2D eigenvalue weighted by Gasteiger charge is 2.35. The van der Waals surface area contributed by atoms with E-state index in [1.165, 1.54) is 6.20 Å². The summed E-state index contributed by atoms with van der Waals surface area (Å²) in [5.74, 6) is -1.02. The quantitative estimate of drug-likeness (QED) is 0.667. The van der Waals surface area contributed by atoms with Crippen LogP contribution in [-0.4, -0.2) is 51.2 Å². The maximum Gasteiger partial charge on any atom is 0.295 e. The van der Waals surface area contributed by atoms with E-state index in [1.54, 1.807) is 15.8 Å². The fourth-order valence-corrected chi connectivity index (χ4v) is 3.24. The molecule has 25 heavy (non-hydrogen) atoms. The van der Waals surface area contributed by atoms with Gasteiger partial charge in [-0.2, -0.15) is 5.10 Å². The van der Waals surface area contributed by atoms with Crippen LogP contribution in [0.25, 0.3) is 5.69 Å². The van der Waals surface area contributed by atoms with Gasteiger partial charge in [0.2, 0.25) is 0 Å². The van der Waals surface area contributed by atoms with Gasteiger partial charge in [-0.25, -0.2) is 4.68 Å². The normalized spacial score (nSPS) is 16.6. The van der Waals surface area contributed by atoms with E-state index >= 15 is 0 Å². The molecule has 0 saturated carbocycles. The summed E-state index contributed by atoms with van der Waals surface area (Å²) in [6.07, 6.45) is 5.35. The lowest BCUT2D eigenvalue weighted by molar-refractivity contribution is -0.129. The van der Waals surface area contributed by atoms with Crippen LogP contribution in [0.4, 0.5) is 0 Å². The van der Waals surface area contributed by atoms with Crippen molar-refractivity contribution < 1.29 is 14.7 Å². The van der Waals surface area contributed by atoms with Crippen LogP contribution in [-0.2, 0) is 4.79 Å². The fourth-order valence-electron chi connectivity index (χ4n) is 3.24. The second kappa shape index (κ2) is 7.19. The lowest BCUT2D eigenvalue weighted by Crippen LogP contribution is -2.46. The summed E-state index contributed by atoms with van der Waals surface area (Å²) in [7, 11) is 0. The molecular formula is C19H23N3O3. The van der Waals surface area contributed by atoms with Gasteiger partial charge in [0.15, 0.2) is 0 Å². The molecule has 3 rings (SSSR count). The molecule has 6 nitrogen and oxygen atoms in total. The smallest absolute Gasteiger partial charge is 0.295 e. The van der Waals surface area contributed by atoms with Crippen LogP contribution >= 0.6 is 0 Å². The molecule has 0 radical (unpaired) electrons. The molecule has 2 aromatic rings. The predicted octanol–water partition coefficient (Wildman–Crippen LogP) is 2.07. The molecule has 1 aromatic heterocycles. The molecule has 1 aromatic carbocycles. The van der Waals surface area contributed by atoms with E-state index in [9.17, 15) is 14.7 Å². The largest absolute Gasteiger partial charge is 0.396 e. The molecule has 0 spiro atoms. The highest BCUT2D eigenvalue weighted by Crippen LogP contribution is 2.34. The Morgan fingerprint density at radius 2 is 1.88 bits per heavy atom. The number of nitrogens with zero attached hydrogens (tertiary/aromatic N) is 3. The Labute approximate surface area is 147 Å². The van der Waals surface area contributed by atoms with Crippen molar-refractivity contribution in [3.8, 4) is 5.69 Å². The van der Waals surface area contributed by atoms with E-state index in [2.05, 4.69) is 12.0 Å². The SMILES string of the molecule is CCC1(CO)CCN(C(=O)C(=O)c2cnn(-c3ccccc3)c2)CC1. The standard InChI is InChI=1S/C19H23N3O3/c1-2-19(14-23)8-10-21(11-9-19)18(25)17(24)15-12-20-22(13-15)16-6-4-3-5-7-16/h3-7,12-13,23H,2,8-11,14H2,1H3. The molecule has 1 aliphatic heterocycles. The van der Waals surface area contributed by atoms with Crippen LogP contribution in [0.1, 0.15) is 36.5 Å². The van der Waals surface area contributed by atoms with Crippen molar-refractivity contribution in [1.82, 2.24) is 14.7 Å². The van der Waals surface area contributed by atoms with Crippen molar-refractivity contribution in [3.05, 3.63) is 48.3 Å². The molecule has 6 heteroatoms. The molecular weight excluding hydrogens is 318 g/mol. The second-order valence-electron chi connectivity index (χ2n) is 6.64. The summed E-state index contributed by atoms with van der Waals surface area (Å²) in [5, 5.41) is 13.8. The summed E-state index contributed by atoms with van der Waals surface area (Å²) >= 11 is 0. The third-order valence-electron chi connectivity index (χ3n) is 5.26. The minimum absolute atomic E-state index is 0.113. The number of benzene rings is 1. The maximum absolute atomic E-state index is 12.5. The summed E-state index contributed by atoms with van der Waals surface area (Å²) in [5.41, 5.74) is 1.02. The lowest BCUT2D eigenvalue weighted by atomic mass is 9.77. The third-order valence-corrected chi connectivity index (χ3v) is 5.26. The number of rotatable bonds is 5. The Bertz CT molecular complexity index is 740. The molecule has 1 aliphatic rings. The Morgan fingerprint density at radius 1 is 1.20 bits per heavy atom. The molecule has 1 N–H and O–H groups in total. The molecule has 0 unspecified atom stereocenters. The molecule has 1 saturated heterocycles. The zero-order valence-corrected chi connectivity index (χ0v) is 14.4. The van der Waals surface area contributed by atoms with E-state index in [0.717, 1.165) is 24.9 Å². The Balaban J connectivity index is 1.68. The van der Waals surface area contributed by atoms with Crippen molar-refractivity contribution >= 4 is 11.7 Å². The first-order chi connectivity index (χ1) is 12.1. The minimum atomic E-state index is -0.532. The number of likely N-dealkylation sites (tertiary alicyclic amines) is 1. The summed E-state index contributed by atoms with van der Waals surface area (Å²) in [6.45, 7) is 3.19. The van der Waals surface area contributed by atoms with E-state index in [1.807, 2.05) is 30.3 Å². The van der Waals surface area contributed by atoms with E-state index in [-0.39, 0.29) is 12.0 Å². The number of para-hydroxylation sites is 1. The van der Waals surface area contributed by atoms with Crippen molar-refractivity contribution in [1.29, 1.82) is 0 Å². The van der Waals surface area contributed by atoms with Crippen LogP contribution in [0.2, 0.25) is 0 Å². The Morgan fingerprint density at radius 3 is 2.48 bits per heavy atom. The van der Waals surface area contributed by atoms with Gasteiger partial charge in [-0.1, -0.05) is 25.1 Å². The highest BCUT2D eigenvalue weighted by atomic mass is 16.3. The average Bonchev–Trinajstić information content (AvgIpc) is 3.18.